The molecule has 0 aromatic carbocycles. The molecule has 1 aliphatic carbocycles. The predicted octanol–water partition coefficient (Wildman–Crippen LogP) is 1.37. The van der Waals surface area contributed by atoms with Crippen molar-refractivity contribution >= 4 is 12.0 Å². The van der Waals surface area contributed by atoms with Crippen molar-refractivity contribution in [1.82, 2.24) is 15.1 Å². The van der Waals surface area contributed by atoms with Crippen molar-refractivity contribution in [3.05, 3.63) is 0 Å². The average molecular weight is 297 g/mol. The second-order valence-corrected chi connectivity index (χ2v) is 6.47. The average Bonchev–Trinajstić information content (AvgIpc) is 2.98. The highest BCUT2D eigenvalue weighted by Gasteiger charge is 2.30. The zero-order valence-corrected chi connectivity index (χ0v) is 13.0. The van der Waals surface area contributed by atoms with Crippen molar-refractivity contribution in [2.45, 2.75) is 51.6 Å². The van der Waals surface area contributed by atoms with Gasteiger partial charge in [-0.15, -0.1) is 0 Å². The molecule has 2 amide bonds. The summed E-state index contributed by atoms with van der Waals surface area (Å²) in [5.41, 5.74) is 0. The molecule has 1 saturated carbocycles. The summed E-state index contributed by atoms with van der Waals surface area (Å²) in [5.74, 6) is -1.09. The lowest BCUT2D eigenvalue weighted by Gasteiger charge is -2.38. The van der Waals surface area contributed by atoms with Gasteiger partial charge in [-0.25, -0.2) is 9.59 Å². The van der Waals surface area contributed by atoms with Gasteiger partial charge < -0.3 is 15.3 Å². The summed E-state index contributed by atoms with van der Waals surface area (Å²) in [7, 11) is 0. The zero-order valence-electron chi connectivity index (χ0n) is 13.0. The van der Waals surface area contributed by atoms with Gasteiger partial charge in [-0.1, -0.05) is 26.7 Å². The molecule has 0 aromatic rings. The Hall–Kier alpha value is -1.30. The Bertz CT molecular complexity index is 372. The number of hydrogen-bond acceptors (Lipinski definition) is 3. The van der Waals surface area contributed by atoms with Gasteiger partial charge in [0.05, 0.1) is 0 Å². The normalized spacial score (nSPS) is 22.5. The molecule has 1 aliphatic heterocycles. The van der Waals surface area contributed by atoms with Gasteiger partial charge in [-0.2, -0.15) is 0 Å². The number of carbonyl (C=O) groups excluding carboxylic acids is 1. The summed E-state index contributed by atoms with van der Waals surface area (Å²) < 4.78 is 0. The van der Waals surface area contributed by atoms with Crippen LogP contribution in [-0.4, -0.2) is 65.2 Å². The molecule has 2 fully saturated rings. The Morgan fingerprint density at radius 1 is 1.10 bits per heavy atom. The third-order valence-electron chi connectivity index (χ3n) is 4.65. The molecule has 0 radical (unpaired) electrons. The first-order chi connectivity index (χ1) is 9.99. The standard InChI is InChI=1S/C15H27N3O3/c1-11(2)13(14(19)20)16-15(21)18-9-7-17(8-10-18)12-5-3-4-6-12/h11-13H,3-10H2,1-2H3,(H,16,21)(H,19,20). The number of amides is 2. The molecule has 6 heteroatoms. The van der Waals surface area contributed by atoms with Crippen LogP contribution < -0.4 is 5.32 Å². The summed E-state index contributed by atoms with van der Waals surface area (Å²) in [6.45, 7) is 6.78. The molecule has 1 saturated heterocycles. The highest BCUT2D eigenvalue weighted by molar-refractivity contribution is 5.82. The van der Waals surface area contributed by atoms with Crippen LogP contribution in [-0.2, 0) is 4.79 Å². The second kappa shape index (κ2) is 7.11. The van der Waals surface area contributed by atoms with Crippen LogP contribution in [0.1, 0.15) is 39.5 Å². The molecule has 21 heavy (non-hydrogen) atoms. The number of carboxylic acid groups (broad SMARTS) is 1. The third-order valence-corrected chi connectivity index (χ3v) is 4.65. The lowest BCUT2D eigenvalue weighted by molar-refractivity contribution is -0.140. The lowest BCUT2D eigenvalue weighted by atomic mass is 10.1. The monoisotopic (exact) mass is 297 g/mol. The minimum Gasteiger partial charge on any atom is -0.480 e. The van der Waals surface area contributed by atoms with Crippen LogP contribution in [0, 0.1) is 5.92 Å². The van der Waals surface area contributed by atoms with Crippen LogP contribution in [0.4, 0.5) is 4.79 Å². The summed E-state index contributed by atoms with van der Waals surface area (Å²) in [4.78, 5) is 27.5. The van der Waals surface area contributed by atoms with Crippen molar-refractivity contribution < 1.29 is 14.7 Å². The summed E-state index contributed by atoms with van der Waals surface area (Å²) in [6, 6.07) is -0.370. The van der Waals surface area contributed by atoms with Gasteiger partial charge in [0.1, 0.15) is 6.04 Å². The van der Waals surface area contributed by atoms with Crippen LogP contribution >= 0.6 is 0 Å². The number of carbonyl (C=O) groups is 2. The van der Waals surface area contributed by atoms with E-state index in [1.54, 1.807) is 18.7 Å². The largest absolute Gasteiger partial charge is 0.480 e. The number of rotatable bonds is 4. The number of piperazine rings is 1. The highest BCUT2D eigenvalue weighted by atomic mass is 16.4. The summed E-state index contributed by atoms with van der Waals surface area (Å²) in [6.07, 6.45) is 5.20. The van der Waals surface area contributed by atoms with Gasteiger partial charge in [0.2, 0.25) is 0 Å². The maximum atomic E-state index is 12.2. The van der Waals surface area contributed by atoms with E-state index in [0.717, 1.165) is 13.1 Å². The molecule has 2 rings (SSSR count). The Morgan fingerprint density at radius 2 is 1.67 bits per heavy atom. The molecule has 120 valence electrons. The van der Waals surface area contributed by atoms with E-state index in [9.17, 15) is 9.59 Å². The van der Waals surface area contributed by atoms with Gasteiger partial charge in [-0.05, 0) is 18.8 Å². The molecule has 1 atom stereocenters. The maximum Gasteiger partial charge on any atom is 0.326 e. The molecule has 2 aliphatic rings. The Morgan fingerprint density at radius 3 is 2.14 bits per heavy atom. The van der Waals surface area contributed by atoms with E-state index in [2.05, 4.69) is 10.2 Å². The van der Waals surface area contributed by atoms with E-state index in [1.807, 2.05) is 0 Å². The topological polar surface area (TPSA) is 72.9 Å². The number of nitrogens with one attached hydrogen (secondary N) is 1. The molecular formula is C15H27N3O3. The van der Waals surface area contributed by atoms with Gasteiger partial charge in [0, 0.05) is 32.2 Å². The third kappa shape index (κ3) is 4.09. The molecular weight excluding hydrogens is 270 g/mol. The van der Waals surface area contributed by atoms with Crippen LogP contribution in [0.2, 0.25) is 0 Å². The molecule has 2 N–H and O–H groups in total. The van der Waals surface area contributed by atoms with E-state index >= 15 is 0 Å². The van der Waals surface area contributed by atoms with Crippen LogP contribution in [0.15, 0.2) is 0 Å². The minimum atomic E-state index is -0.969. The first kappa shape index (κ1) is 16.1. The zero-order chi connectivity index (χ0) is 15.4. The smallest absolute Gasteiger partial charge is 0.326 e. The fourth-order valence-corrected chi connectivity index (χ4v) is 3.30. The van der Waals surface area contributed by atoms with Crippen molar-refractivity contribution in [2.24, 2.45) is 5.92 Å². The van der Waals surface area contributed by atoms with Crippen molar-refractivity contribution in [3.8, 4) is 0 Å². The highest BCUT2D eigenvalue weighted by Crippen LogP contribution is 2.24. The second-order valence-electron chi connectivity index (χ2n) is 6.47. The fourth-order valence-electron chi connectivity index (χ4n) is 3.30. The SMILES string of the molecule is CC(C)C(NC(=O)N1CCN(C2CCCC2)CC1)C(=O)O. The first-order valence-electron chi connectivity index (χ1n) is 8.01. The molecule has 0 aromatic heterocycles. The van der Waals surface area contributed by atoms with E-state index in [0.29, 0.717) is 19.1 Å². The molecule has 1 unspecified atom stereocenters. The van der Waals surface area contributed by atoms with Crippen molar-refractivity contribution in [3.63, 3.8) is 0 Å². The van der Waals surface area contributed by atoms with E-state index in [-0.39, 0.29) is 11.9 Å². The van der Waals surface area contributed by atoms with E-state index in [1.165, 1.54) is 25.7 Å². The lowest BCUT2D eigenvalue weighted by Crippen LogP contribution is -2.56. The van der Waals surface area contributed by atoms with Crippen LogP contribution in [0.3, 0.4) is 0 Å². The van der Waals surface area contributed by atoms with E-state index in [4.69, 9.17) is 5.11 Å². The maximum absolute atomic E-state index is 12.2. The number of urea groups is 1. The van der Waals surface area contributed by atoms with Crippen molar-refractivity contribution in [2.75, 3.05) is 26.2 Å². The number of nitrogens with zero attached hydrogens (tertiary/aromatic N) is 2. The van der Waals surface area contributed by atoms with Crippen LogP contribution in [0.25, 0.3) is 0 Å². The molecule has 0 bridgehead atoms. The molecule has 1 heterocycles. The molecule has 6 nitrogen and oxygen atoms in total. The van der Waals surface area contributed by atoms with Gasteiger partial charge >= 0.3 is 12.0 Å². The first-order valence-corrected chi connectivity index (χ1v) is 8.01. The minimum absolute atomic E-state index is 0.119. The number of aliphatic carboxylic acids is 1. The van der Waals surface area contributed by atoms with Gasteiger partial charge in [0.15, 0.2) is 0 Å². The Kier molecular flexibility index (Phi) is 5.45. The fraction of sp³-hybridized carbons (Fsp3) is 0.867. The Labute approximate surface area is 126 Å². The molecule has 0 spiro atoms. The summed E-state index contributed by atoms with van der Waals surface area (Å²) >= 11 is 0. The number of carboxylic acids is 1. The number of hydrogen-bond donors (Lipinski definition) is 2. The van der Waals surface area contributed by atoms with Crippen LogP contribution in [0.5, 0.6) is 0 Å². The Balaban J connectivity index is 1.80. The van der Waals surface area contributed by atoms with Gasteiger partial charge in [0.25, 0.3) is 0 Å². The summed E-state index contributed by atoms with van der Waals surface area (Å²) in [5, 5.41) is 11.8. The predicted molar refractivity (Wildman–Crippen MR) is 80.2 cm³/mol. The quantitative estimate of drug-likeness (QED) is 0.822. The van der Waals surface area contributed by atoms with Crippen molar-refractivity contribution in [1.29, 1.82) is 0 Å². The van der Waals surface area contributed by atoms with Gasteiger partial charge in [-0.3, -0.25) is 4.90 Å². The van der Waals surface area contributed by atoms with E-state index < -0.39 is 12.0 Å².